The fraction of sp³-hybridized carbons (Fsp3) is 0.310. The first-order valence-corrected chi connectivity index (χ1v) is 15.3. The minimum absolute atomic E-state index is 0.00815. The van der Waals surface area contributed by atoms with Gasteiger partial charge in [-0.2, -0.15) is 4.68 Å². The molecule has 0 bridgehead atoms. The zero-order valence-electron chi connectivity index (χ0n) is 22.4. The second-order valence-electron chi connectivity index (χ2n) is 9.76. The van der Waals surface area contributed by atoms with Crippen molar-refractivity contribution in [2.45, 2.75) is 47.5 Å². The van der Waals surface area contributed by atoms with Crippen LogP contribution < -0.4 is 5.32 Å². The summed E-state index contributed by atoms with van der Waals surface area (Å²) in [6.07, 6.45) is -1.12. The van der Waals surface area contributed by atoms with Gasteiger partial charge in [0.1, 0.15) is 0 Å². The van der Waals surface area contributed by atoms with Gasteiger partial charge in [0.25, 0.3) is 9.70 Å². The van der Waals surface area contributed by atoms with Crippen LogP contribution in [0, 0.1) is 5.92 Å². The van der Waals surface area contributed by atoms with E-state index in [-0.39, 0.29) is 31.3 Å². The molecule has 4 aromatic rings. The summed E-state index contributed by atoms with van der Waals surface area (Å²) < 4.78 is 12.7. The third-order valence-electron chi connectivity index (χ3n) is 6.90. The summed E-state index contributed by atoms with van der Waals surface area (Å²) in [6, 6.07) is 25.0. The number of halogens is 3. The van der Waals surface area contributed by atoms with E-state index in [1.807, 2.05) is 78.9 Å². The Kier molecular flexibility index (Phi) is 10.1. The number of thioether (sulfide) groups is 1. The summed E-state index contributed by atoms with van der Waals surface area (Å²) in [7, 11) is 0. The molecular weight excluding hydrogens is 621 g/mol. The van der Waals surface area contributed by atoms with Gasteiger partial charge >= 0.3 is 0 Å². The number of rotatable bonds is 9. The summed E-state index contributed by atoms with van der Waals surface area (Å²) in [5, 5.41) is 25.0. The molecule has 0 unspecified atom stereocenters. The van der Waals surface area contributed by atoms with Gasteiger partial charge in [-0.3, -0.25) is 4.79 Å². The zero-order valence-corrected chi connectivity index (χ0v) is 25.5. The molecule has 13 heteroatoms. The van der Waals surface area contributed by atoms with E-state index in [0.29, 0.717) is 10.9 Å². The molecule has 0 aliphatic carbocycles. The van der Waals surface area contributed by atoms with E-state index in [0.717, 1.165) is 27.9 Å². The Bertz CT molecular complexity index is 1470. The number of aliphatic hydroxyl groups is 1. The van der Waals surface area contributed by atoms with Crippen LogP contribution >= 0.6 is 46.6 Å². The molecule has 0 spiro atoms. The summed E-state index contributed by atoms with van der Waals surface area (Å²) in [5.74, 6) is -0.120. The van der Waals surface area contributed by atoms with Crippen LogP contribution in [0.4, 0.5) is 0 Å². The number of ether oxygens (including phenoxy) is 2. The Balaban J connectivity index is 1.34. The number of tetrazole rings is 1. The number of alkyl halides is 3. The van der Waals surface area contributed by atoms with Gasteiger partial charge in [-0.15, -0.1) is 5.10 Å². The van der Waals surface area contributed by atoms with E-state index in [1.54, 1.807) is 4.68 Å². The quantitative estimate of drug-likeness (QED) is 0.175. The molecule has 1 amide bonds. The molecule has 1 aliphatic rings. The summed E-state index contributed by atoms with van der Waals surface area (Å²) in [4.78, 5) is 11.9. The van der Waals surface area contributed by atoms with Crippen LogP contribution in [0.1, 0.15) is 41.6 Å². The van der Waals surface area contributed by atoms with Crippen LogP contribution in [0.2, 0.25) is 0 Å². The number of carbonyl (C=O) groups excluding carboxylic acids is 1. The van der Waals surface area contributed by atoms with E-state index >= 15 is 0 Å². The van der Waals surface area contributed by atoms with Crippen molar-refractivity contribution in [3.05, 3.63) is 101 Å². The number of hydrogen-bond donors (Lipinski definition) is 2. The van der Waals surface area contributed by atoms with E-state index < -0.39 is 16.0 Å². The Morgan fingerprint density at radius 1 is 0.976 bits per heavy atom. The van der Waals surface area contributed by atoms with Crippen molar-refractivity contribution < 1.29 is 19.4 Å². The lowest BCUT2D eigenvalue weighted by Crippen LogP contribution is -2.38. The fourth-order valence-corrected chi connectivity index (χ4v) is 5.80. The maximum Gasteiger partial charge on any atom is 0.272 e. The number of amides is 1. The molecule has 1 aromatic heterocycles. The number of nitrogens with zero attached hydrogens (tertiary/aromatic N) is 4. The first-order chi connectivity index (χ1) is 20.2. The fourth-order valence-electron chi connectivity index (χ4n) is 4.54. The first kappa shape index (κ1) is 30.7. The number of carbonyl (C=O) groups is 1. The maximum absolute atomic E-state index is 11.9. The van der Waals surface area contributed by atoms with Crippen molar-refractivity contribution in [3.63, 3.8) is 0 Å². The Morgan fingerprint density at radius 2 is 1.64 bits per heavy atom. The van der Waals surface area contributed by atoms with Crippen LogP contribution in [0.25, 0.3) is 5.69 Å². The van der Waals surface area contributed by atoms with Crippen molar-refractivity contribution in [2.24, 2.45) is 5.92 Å². The van der Waals surface area contributed by atoms with E-state index in [4.69, 9.17) is 44.3 Å². The Hall–Kier alpha value is -2.70. The van der Waals surface area contributed by atoms with Crippen molar-refractivity contribution in [1.82, 2.24) is 25.5 Å². The normalized spacial score (nSPS) is 20.8. The van der Waals surface area contributed by atoms with E-state index in [1.165, 1.54) is 11.8 Å². The molecule has 1 saturated heterocycles. The van der Waals surface area contributed by atoms with Crippen LogP contribution in [-0.2, 0) is 27.4 Å². The minimum Gasteiger partial charge on any atom is -0.392 e. The number of aromatic nitrogens is 4. The largest absolute Gasteiger partial charge is 0.392 e. The number of nitrogens with one attached hydrogen (secondary N) is 1. The molecule has 4 atom stereocenters. The molecule has 2 heterocycles. The molecule has 2 N–H and O–H groups in total. The lowest BCUT2D eigenvalue weighted by molar-refractivity contribution is -0.268. The smallest absolute Gasteiger partial charge is 0.272 e. The average Bonchev–Trinajstić information content (AvgIpc) is 3.48. The number of para-hydroxylation sites is 1. The van der Waals surface area contributed by atoms with Crippen molar-refractivity contribution in [2.75, 3.05) is 5.75 Å². The molecule has 0 radical (unpaired) electrons. The Morgan fingerprint density at radius 3 is 2.31 bits per heavy atom. The van der Waals surface area contributed by atoms with Gasteiger partial charge in [0.15, 0.2) is 6.29 Å². The van der Waals surface area contributed by atoms with E-state index in [2.05, 4.69) is 27.8 Å². The molecule has 1 fully saturated rings. The molecule has 220 valence electrons. The second kappa shape index (κ2) is 13.7. The zero-order chi connectivity index (χ0) is 29.7. The third kappa shape index (κ3) is 7.44. The van der Waals surface area contributed by atoms with Crippen LogP contribution in [0.3, 0.4) is 0 Å². The summed E-state index contributed by atoms with van der Waals surface area (Å²) in [5.41, 5.74) is 4.33. The lowest BCUT2D eigenvalue weighted by Gasteiger charge is -2.41. The predicted octanol–water partition coefficient (Wildman–Crippen LogP) is 5.72. The highest BCUT2D eigenvalue weighted by atomic mass is 35.6. The maximum atomic E-state index is 11.9. The second-order valence-corrected chi connectivity index (χ2v) is 13.0. The van der Waals surface area contributed by atoms with Crippen molar-refractivity contribution >= 4 is 52.5 Å². The van der Waals surface area contributed by atoms with Gasteiger partial charge in [-0.25, -0.2) is 0 Å². The molecule has 5 rings (SSSR count). The minimum atomic E-state index is -2.03. The van der Waals surface area contributed by atoms with Gasteiger partial charge < -0.3 is 19.9 Å². The monoisotopic (exact) mass is 647 g/mol. The first-order valence-electron chi connectivity index (χ1n) is 13.1. The molecular formula is C29H28Cl3N5O4S. The van der Waals surface area contributed by atoms with Gasteiger partial charge in [0.2, 0.25) is 5.16 Å². The molecule has 0 saturated carbocycles. The molecule has 9 nitrogen and oxygen atoms in total. The van der Waals surface area contributed by atoms with Gasteiger partial charge in [0, 0.05) is 23.8 Å². The van der Waals surface area contributed by atoms with Crippen LogP contribution in [0.5, 0.6) is 0 Å². The average molecular weight is 649 g/mol. The highest BCUT2D eigenvalue weighted by molar-refractivity contribution is 7.99. The van der Waals surface area contributed by atoms with Gasteiger partial charge in [-0.05, 0) is 39.2 Å². The van der Waals surface area contributed by atoms with Gasteiger partial charge in [0.05, 0.1) is 24.5 Å². The molecule has 1 aliphatic heterocycles. The number of aliphatic hydroxyl groups excluding tert-OH is 1. The van der Waals surface area contributed by atoms with Crippen molar-refractivity contribution in [1.29, 1.82) is 0 Å². The Labute approximate surface area is 262 Å². The van der Waals surface area contributed by atoms with Crippen molar-refractivity contribution in [3.8, 4) is 5.69 Å². The summed E-state index contributed by atoms with van der Waals surface area (Å²) in [6.45, 7) is 2.27. The predicted molar refractivity (Wildman–Crippen MR) is 161 cm³/mol. The number of benzene rings is 3. The standard InChI is InChI=1S/C29H28Cl3N5O4S/c1-18-24(17-42-28-34-35-36-37(28)23-5-3-2-4-6-23)40-26(41-25(18)21-11-9-20(16-38)10-12-21)22-13-7-19(8-14-22)15-33-27(39)29(30,31)32/h2-14,18,24-26,38H,15-17H2,1H3,(H,33,39)/t18-,24+,25+,26+/m1/s1. The summed E-state index contributed by atoms with van der Waals surface area (Å²) >= 11 is 18.4. The topological polar surface area (TPSA) is 111 Å². The van der Waals surface area contributed by atoms with Gasteiger partial charge in [-0.1, -0.05) is 120 Å². The third-order valence-corrected chi connectivity index (χ3v) is 8.43. The van der Waals surface area contributed by atoms with E-state index in [9.17, 15) is 9.90 Å². The molecule has 3 aromatic carbocycles. The van der Waals surface area contributed by atoms with Crippen LogP contribution in [-0.4, -0.2) is 46.9 Å². The molecule has 42 heavy (non-hydrogen) atoms. The SMILES string of the molecule is C[C@@H]1[C@H](CSc2nnnn2-c2ccccc2)O[C@H](c2ccc(CNC(=O)C(Cl)(Cl)Cl)cc2)O[C@@H]1c1ccc(CO)cc1. The highest BCUT2D eigenvalue weighted by Crippen LogP contribution is 2.43. The lowest BCUT2D eigenvalue weighted by atomic mass is 9.91. The van der Waals surface area contributed by atoms with Crippen LogP contribution in [0.15, 0.2) is 84.0 Å². The number of hydrogen-bond acceptors (Lipinski definition) is 8. The highest BCUT2D eigenvalue weighted by Gasteiger charge is 2.38.